The fourth-order valence-electron chi connectivity index (χ4n) is 5.43. The first-order valence-electron chi connectivity index (χ1n) is 13.0. The summed E-state index contributed by atoms with van der Waals surface area (Å²) in [4.78, 5) is 32.9. The number of carbonyl (C=O) groups is 1. The molecule has 7 heteroatoms. The van der Waals surface area contributed by atoms with Gasteiger partial charge in [0.25, 0.3) is 0 Å². The zero-order chi connectivity index (χ0) is 22.9. The number of ketones is 1. The number of thiazole rings is 1. The number of carbonyl (C=O) groups excluding carboxylic acids is 1. The van der Waals surface area contributed by atoms with Crippen molar-refractivity contribution in [3.05, 3.63) is 47.4 Å². The normalized spacial score (nSPS) is 21.4. The van der Waals surface area contributed by atoms with Gasteiger partial charge in [0, 0.05) is 18.9 Å². The van der Waals surface area contributed by atoms with E-state index in [0.717, 1.165) is 66.7 Å². The number of Topliss-reactive ketones (excluding diaryl/α,β-unsaturated/α-hetero) is 1. The molecule has 0 radical (unpaired) electrons. The number of hydrogen-bond donors (Lipinski definition) is 0. The minimum absolute atomic E-state index is 0.0607. The van der Waals surface area contributed by atoms with Gasteiger partial charge in [0.15, 0.2) is 16.6 Å². The number of piperidine rings is 1. The van der Waals surface area contributed by atoms with E-state index in [1.54, 1.807) is 11.3 Å². The van der Waals surface area contributed by atoms with Crippen molar-refractivity contribution < 1.29 is 4.79 Å². The van der Waals surface area contributed by atoms with Crippen LogP contribution in [0.15, 0.2) is 30.3 Å². The Morgan fingerprint density at radius 3 is 2.56 bits per heavy atom. The summed E-state index contributed by atoms with van der Waals surface area (Å²) in [6, 6.07) is 10.3. The minimum atomic E-state index is -0.0607. The number of aryl methyl sites for hydroxylation is 1. The van der Waals surface area contributed by atoms with Crippen molar-refractivity contribution in [2.24, 2.45) is 0 Å². The predicted octanol–water partition coefficient (Wildman–Crippen LogP) is 5.12. The number of likely N-dealkylation sites (tertiary alicyclic amines) is 1. The van der Waals surface area contributed by atoms with Crippen molar-refractivity contribution >= 4 is 32.6 Å². The number of nitrogens with zero attached hydrogens (tertiary/aromatic N) is 5. The molecule has 2 saturated heterocycles. The Hall–Kier alpha value is -2.38. The number of benzene rings is 1. The van der Waals surface area contributed by atoms with Crippen LogP contribution < -0.4 is 4.90 Å². The molecule has 0 amide bonds. The molecule has 34 heavy (non-hydrogen) atoms. The monoisotopic (exact) mass is 475 g/mol. The number of rotatable bonds is 8. The smallest absolute Gasteiger partial charge is 0.188 e. The minimum Gasteiger partial charge on any atom is -0.338 e. The Morgan fingerprint density at radius 2 is 1.76 bits per heavy atom. The summed E-state index contributed by atoms with van der Waals surface area (Å²) < 4.78 is 1.14. The van der Waals surface area contributed by atoms with Crippen molar-refractivity contribution in [2.45, 2.75) is 76.3 Å². The van der Waals surface area contributed by atoms with E-state index < -0.39 is 0 Å². The van der Waals surface area contributed by atoms with Crippen molar-refractivity contribution in [3.8, 4) is 0 Å². The predicted molar refractivity (Wildman–Crippen MR) is 136 cm³/mol. The summed E-state index contributed by atoms with van der Waals surface area (Å²) in [5.74, 6) is 1.81. The molecule has 1 saturated carbocycles. The van der Waals surface area contributed by atoms with Gasteiger partial charge in [0.1, 0.15) is 5.82 Å². The summed E-state index contributed by atoms with van der Waals surface area (Å²) in [7, 11) is 0. The summed E-state index contributed by atoms with van der Waals surface area (Å²) in [6.45, 7) is 4.01. The SMILES string of the molecule is O=C(CCc1ccccc1)[C@H]1CCCN1c1nc2nc(CN3CCCCC3)nc(C3CC3)c2s1. The summed E-state index contributed by atoms with van der Waals surface area (Å²) in [5.41, 5.74) is 3.27. The fraction of sp³-hybridized carbons (Fsp3) is 0.556. The van der Waals surface area contributed by atoms with Crippen LogP contribution in [0.3, 0.4) is 0 Å². The number of hydrogen-bond acceptors (Lipinski definition) is 7. The van der Waals surface area contributed by atoms with Gasteiger partial charge in [-0.15, -0.1) is 0 Å². The fourth-order valence-corrected chi connectivity index (χ4v) is 6.58. The molecule has 6 rings (SSSR count). The second kappa shape index (κ2) is 9.70. The van der Waals surface area contributed by atoms with Crippen LogP contribution in [0.1, 0.15) is 74.4 Å². The van der Waals surface area contributed by atoms with E-state index in [1.165, 1.54) is 43.4 Å². The Morgan fingerprint density at radius 1 is 0.941 bits per heavy atom. The third-order valence-electron chi connectivity index (χ3n) is 7.47. The maximum absolute atomic E-state index is 13.2. The molecule has 0 bridgehead atoms. The lowest BCUT2D eigenvalue weighted by Gasteiger charge is -2.25. The highest BCUT2D eigenvalue weighted by molar-refractivity contribution is 7.22. The maximum Gasteiger partial charge on any atom is 0.188 e. The van der Waals surface area contributed by atoms with Crippen molar-refractivity contribution in [2.75, 3.05) is 24.5 Å². The molecule has 1 atom stereocenters. The third kappa shape index (κ3) is 4.73. The zero-order valence-corrected chi connectivity index (χ0v) is 20.6. The molecule has 2 aliphatic heterocycles. The second-order valence-corrected chi connectivity index (χ2v) is 11.1. The maximum atomic E-state index is 13.2. The van der Waals surface area contributed by atoms with E-state index in [4.69, 9.17) is 15.0 Å². The molecule has 3 fully saturated rings. The van der Waals surface area contributed by atoms with Crippen LogP contribution in [0, 0.1) is 0 Å². The molecule has 2 aromatic heterocycles. The van der Waals surface area contributed by atoms with E-state index in [0.29, 0.717) is 18.1 Å². The van der Waals surface area contributed by atoms with Gasteiger partial charge >= 0.3 is 0 Å². The average molecular weight is 476 g/mol. The Labute approximate surface area is 205 Å². The lowest BCUT2D eigenvalue weighted by Crippen LogP contribution is -2.36. The molecule has 3 aromatic rings. The van der Waals surface area contributed by atoms with E-state index in [1.807, 2.05) is 18.2 Å². The highest BCUT2D eigenvalue weighted by atomic mass is 32.1. The highest BCUT2D eigenvalue weighted by Gasteiger charge is 2.34. The van der Waals surface area contributed by atoms with Crippen LogP contribution in [0.5, 0.6) is 0 Å². The Balaban J connectivity index is 1.23. The van der Waals surface area contributed by atoms with E-state index >= 15 is 0 Å². The first kappa shape index (κ1) is 22.1. The third-order valence-corrected chi connectivity index (χ3v) is 8.57. The Bertz CT molecular complexity index is 1150. The molecule has 4 heterocycles. The molecule has 6 nitrogen and oxygen atoms in total. The van der Waals surface area contributed by atoms with Gasteiger partial charge in [-0.1, -0.05) is 48.1 Å². The average Bonchev–Trinajstić information content (AvgIpc) is 3.43. The van der Waals surface area contributed by atoms with Gasteiger partial charge in [-0.3, -0.25) is 9.69 Å². The van der Waals surface area contributed by atoms with Gasteiger partial charge < -0.3 is 4.90 Å². The lowest BCUT2D eigenvalue weighted by atomic mass is 10.0. The standard InChI is InChI=1S/C27H33N5OS/c33-22(14-11-19-8-3-1-4-9-19)21-10-7-17-32(21)27-30-26-25(34-27)24(20-12-13-20)28-23(29-26)18-31-15-5-2-6-16-31/h1,3-4,8-9,20-21H,2,5-7,10-18H2/t21-/m1/s1. The molecule has 3 aliphatic rings. The topological polar surface area (TPSA) is 62.2 Å². The van der Waals surface area contributed by atoms with Gasteiger partial charge in [0.2, 0.25) is 0 Å². The first-order valence-corrected chi connectivity index (χ1v) is 13.8. The zero-order valence-electron chi connectivity index (χ0n) is 19.8. The van der Waals surface area contributed by atoms with Crippen molar-refractivity contribution in [3.63, 3.8) is 0 Å². The van der Waals surface area contributed by atoms with Crippen LogP contribution in [0.4, 0.5) is 5.13 Å². The van der Waals surface area contributed by atoms with Gasteiger partial charge in [-0.2, -0.15) is 4.98 Å². The quantitative estimate of drug-likeness (QED) is 0.451. The highest BCUT2D eigenvalue weighted by Crippen LogP contribution is 2.45. The van der Waals surface area contributed by atoms with Crippen molar-refractivity contribution in [1.29, 1.82) is 0 Å². The second-order valence-electron chi connectivity index (χ2n) is 10.1. The number of fused-ring (bicyclic) bond motifs is 1. The lowest BCUT2D eigenvalue weighted by molar-refractivity contribution is -0.120. The molecular formula is C27H33N5OS. The van der Waals surface area contributed by atoms with E-state index in [9.17, 15) is 4.79 Å². The molecule has 0 unspecified atom stereocenters. The molecule has 1 aromatic carbocycles. The van der Waals surface area contributed by atoms with Gasteiger partial charge in [-0.25, -0.2) is 9.97 Å². The van der Waals surface area contributed by atoms with Crippen LogP contribution in [0.2, 0.25) is 0 Å². The number of anilines is 1. The molecule has 0 N–H and O–H groups in total. The van der Waals surface area contributed by atoms with Gasteiger partial charge in [0.05, 0.1) is 23.0 Å². The molecule has 0 spiro atoms. The summed E-state index contributed by atoms with van der Waals surface area (Å²) in [6.07, 6.45) is 9.66. The first-order chi connectivity index (χ1) is 16.7. The molecular weight excluding hydrogens is 442 g/mol. The van der Waals surface area contributed by atoms with Gasteiger partial charge in [-0.05, 0) is 63.6 Å². The van der Waals surface area contributed by atoms with E-state index in [-0.39, 0.29) is 6.04 Å². The molecule has 1 aliphatic carbocycles. The van der Waals surface area contributed by atoms with E-state index in [2.05, 4.69) is 21.9 Å². The summed E-state index contributed by atoms with van der Waals surface area (Å²) >= 11 is 1.70. The number of aromatic nitrogens is 3. The molecule has 178 valence electrons. The van der Waals surface area contributed by atoms with Crippen LogP contribution in [0.25, 0.3) is 10.3 Å². The summed E-state index contributed by atoms with van der Waals surface area (Å²) in [5, 5.41) is 0.955. The van der Waals surface area contributed by atoms with Crippen LogP contribution in [-0.4, -0.2) is 51.3 Å². The van der Waals surface area contributed by atoms with Crippen LogP contribution >= 0.6 is 11.3 Å². The van der Waals surface area contributed by atoms with Crippen molar-refractivity contribution in [1.82, 2.24) is 19.9 Å². The van der Waals surface area contributed by atoms with Crippen LogP contribution in [-0.2, 0) is 17.8 Å². The largest absolute Gasteiger partial charge is 0.338 e. The Kier molecular flexibility index (Phi) is 6.31.